The van der Waals surface area contributed by atoms with E-state index in [0.29, 0.717) is 36.0 Å². The predicted molar refractivity (Wildman–Crippen MR) is 111 cm³/mol. The number of nitrogens with zero attached hydrogens (tertiary/aromatic N) is 2. The summed E-state index contributed by atoms with van der Waals surface area (Å²) in [6.45, 7) is 1.66. The van der Waals surface area contributed by atoms with Gasteiger partial charge in [0.05, 0.1) is 23.4 Å². The number of hydrogen-bond acceptors (Lipinski definition) is 6. The molecule has 0 radical (unpaired) electrons. The van der Waals surface area contributed by atoms with E-state index in [2.05, 4.69) is 6.07 Å². The van der Waals surface area contributed by atoms with E-state index in [-0.39, 0.29) is 11.9 Å². The van der Waals surface area contributed by atoms with Gasteiger partial charge in [0.25, 0.3) is 5.91 Å². The standard InChI is InChI=1S/C22H22N2O4S/c1-26-17-12-14(13-18-20(17)28-11-10-27-18)22(25)24-9-5-4-7-16(24)21-23-15-6-2-3-8-19(15)29-21/h2-3,6,8,12-13,16H,4-5,7,9-11H2,1H3. The highest BCUT2D eigenvalue weighted by Gasteiger charge is 2.32. The molecule has 1 atom stereocenters. The highest BCUT2D eigenvalue weighted by molar-refractivity contribution is 7.18. The zero-order valence-corrected chi connectivity index (χ0v) is 17.0. The van der Waals surface area contributed by atoms with Crippen LogP contribution in [0.3, 0.4) is 0 Å². The number of piperidine rings is 1. The van der Waals surface area contributed by atoms with Gasteiger partial charge in [0.1, 0.15) is 18.2 Å². The minimum absolute atomic E-state index is 0.00662. The summed E-state index contributed by atoms with van der Waals surface area (Å²) in [6.07, 6.45) is 3.01. The molecule has 1 saturated heterocycles. The van der Waals surface area contributed by atoms with Crippen LogP contribution < -0.4 is 14.2 Å². The molecule has 2 aliphatic rings. The third kappa shape index (κ3) is 3.29. The Balaban J connectivity index is 1.50. The summed E-state index contributed by atoms with van der Waals surface area (Å²) in [5.41, 5.74) is 1.55. The van der Waals surface area contributed by atoms with E-state index in [4.69, 9.17) is 19.2 Å². The fourth-order valence-electron chi connectivity index (χ4n) is 4.03. The number of benzene rings is 2. The molecule has 0 N–H and O–H groups in total. The van der Waals surface area contributed by atoms with Crippen molar-refractivity contribution in [1.29, 1.82) is 0 Å². The minimum Gasteiger partial charge on any atom is -0.493 e. The predicted octanol–water partition coefficient (Wildman–Crippen LogP) is 4.44. The number of rotatable bonds is 3. The first-order valence-corrected chi connectivity index (χ1v) is 10.7. The summed E-state index contributed by atoms with van der Waals surface area (Å²) in [6, 6.07) is 11.6. The van der Waals surface area contributed by atoms with E-state index in [9.17, 15) is 4.79 Å². The van der Waals surface area contributed by atoms with Crippen LogP contribution in [-0.2, 0) is 0 Å². The Bertz CT molecular complexity index is 1010. The molecule has 7 heteroatoms. The molecule has 0 bridgehead atoms. The van der Waals surface area contributed by atoms with E-state index in [1.54, 1.807) is 30.6 Å². The zero-order chi connectivity index (χ0) is 19.8. The second-order valence-electron chi connectivity index (χ2n) is 7.23. The van der Waals surface area contributed by atoms with Crippen molar-refractivity contribution in [2.45, 2.75) is 25.3 Å². The van der Waals surface area contributed by atoms with Gasteiger partial charge < -0.3 is 19.1 Å². The molecule has 2 aliphatic heterocycles. The molecule has 3 aromatic rings. The molecule has 29 heavy (non-hydrogen) atoms. The first kappa shape index (κ1) is 18.2. The lowest BCUT2D eigenvalue weighted by Gasteiger charge is -2.35. The van der Waals surface area contributed by atoms with Gasteiger partial charge >= 0.3 is 0 Å². The van der Waals surface area contributed by atoms with Crippen molar-refractivity contribution in [3.63, 3.8) is 0 Å². The Morgan fingerprint density at radius 3 is 2.93 bits per heavy atom. The van der Waals surface area contributed by atoms with Gasteiger partial charge in [-0.1, -0.05) is 12.1 Å². The van der Waals surface area contributed by atoms with Gasteiger partial charge in [-0.2, -0.15) is 0 Å². The van der Waals surface area contributed by atoms with E-state index in [0.717, 1.165) is 41.0 Å². The normalized spacial score (nSPS) is 18.7. The highest BCUT2D eigenvalue weighted by atomic mass is 32.1. The van der Waals surface area contributed by atoms with Crippen LogP contribution in [0.1, 0.15) is 40.7 Å². The molecule has 2 aromatic carbocycles. The Morgan fingerprint density at radius 1 is 1.21 bits per heavy atom. The van der Waals surface area contributed by atoms with Crippen molar-refractivity contribution in [3.05, 3.63) is 47.0 Å². The monoisotopic (exact) mass is 410 g/mol. The van der Waals surface area contributed by atoms with Crippen LogP contribution in [0.2, 0.25) is 0 Å². The summed E-state index contributed by atoms with van der Waals surface area (Å²) >= 11 is 1.68. The molecule has 5 rings (SSSR count). The smallest absolute Gasteiger partial charge is 0.254 e. The number of likely N-dealkylation sites (tertiary alicyclic amines) is 1. The van der Waals surface area contributed by atoms with Crippen molar-refractivity contribution in [3.8, 4) is 17.2 Å². The Morgan fingerprint density at radius 2 is 2.07 bits per heavy atom. The van der Waals surface area contributed by atoms with Crippen molar-refractivity contribution >= 4 is 27.5 Å². The van der Waals surface area contributed by atoms with Gasteiger partial charge in [-0.15, -0.1) is 11.3 Å². The number of para-hydroxylation sites is 1. The number of ether oxygens (including phenoxy) is 3. The molecule has 0 saturated carbocycles. The summed E-state index contributed by atoms with van der Waals surface area (Å²) in [5.74, 6) is 1.63. The maximum Gasteiger partial charge on any atom is 0.254 e. The molecule has 1 unspecified atom stereocenters. The van der Waals surface area contributed by atoms with E-state index in [1.165, 1.54) is 0 Å². The molecule has 0 aliphatic carbocycles. The molecule has 150 valence electrons. The van der Waals surface area contributed by atoms with Crippen LogP contribution in [0.5, 0.6) is 17.2 Å². The number of fused-ring (bicyclic) bond motifs is 2. The number of hydrogen-bond donors (Lipinski definition) is 0. The first-order valence-electron chi connectivity index (χ1n) is 9.88. The third-order valence-corrected chi connectivity index (χ3v) is 6.57. The second kappa shape index (κ2) is 7.55. The summed E-state index contributed by atoms with van der Waals surface area (Å²) in [5, 5.41) is 1.00. The van der Waals surface area contributed by atoms with Gasteiger partial charge in [-0.25, -0.2) is 4.98 Å². The lowest BCUT2D eigenvalue weighted by molar-refractivity contribution is 0.0610. The fraction of sp³-hybridized carbons (Fsp3) is 0.364. The summed E-state index contributed by atoms with van der Waals surface area (Å²) in [4.78, 5) is 20.3. The Labute approximate surface area is 173 Å². The summed E-state index contributed by atoms with van der Waals surface area (Å²) < 4.78 is 18.0. The summed E-state index contributed by atoms with van der Waals surface area (Å²) in [7, 11) is 1.58. The van der Waals surface area contributed by atoms with E-state index in [1.807, 2.05) is 23.1 Å². The maximum atomic E-state index is 13.5. The van der Waals surface area contributed by atoms with Crippen molar-refractivity contribution in [1.82, 2.24) is 9.88 Å². The van der Waals surface area contributed by atoms with Crippen LogP contribution in [0.4, 0.5) is 0 Å². The van der Waals surface area contributed by atoms with Crippen molar-refractivity contribution in [2.75, 3.05) is 26.9 Å². The number of thiazole rings is 1. The maximum absolute atomic E-state index is 13.5. The van der Waals surface area contributed by atoms with Gasteiger partial charge in [0.2, 0.25) is 5.75 Å². The minimum atomic E-state index is -0.0239. The highest BCUT2D eigenvalue weighted by Crippen LogP contribution is 2.42. The van der Waals surface area contributed by atoms with Crippen LogP contribution in [0.25, 0.3) is 10.2 Å². The lowest BCUT2D eigenvalue weighted by atomic mass is 10.0. The van der Waals surface area contributed by atoms with Gasteiger partial charge in [-0.05, 0) is 43.5 Å². The van der Waals surface area contributed by atoms with Crippen LogP contribution in [0.15, 0.2) is 36.4 Å². The topological polar surface area (TPSA) is 60.9 Å². The lowest BCUT2D eigenvalue weighted by Crippen LogP contribution is -2.38. The first-order chi connectivity index (χ1) is 14.2. The molecule has 6 nitrogen and oxygen atoms in total. The van der Waals surface area contributed by atoms with Gasteiger partial charge in [0, 0.05) is 12.1 Å². The van der Waals surface area contributed by atoms with E-state index >= 15 is 0 Å². The molecule has 3 heterocycles. The molecule has 1 aromatic heterocycles. The fourth-order valence-corrected chi connectivity index (χ4v) is 5.14. The Hall–Kier alpha value is -2.80. The molecular formula is C22H22N2O4S. The number of amides is 1. The molecular weight excluding hydrogens is 388 g/mol. The molecule has 1 amide bonds. The quantitative estimate of drug-likeness (QED) is 0.639. The second-order valence-corrected chi connectivity index (χ2v) is 8.29. The molecule has 0 spiro atoms. The van der Waals surface area contributed by atoms with Crippen LogP contribution in [0, 0.1) is 0 Å². The molecule has 1 fully saturated rings. The van der Waals surface area contributed by atoms with Crippen molar-refractivity contribution < 1.29 is 19.0 Å². The van der Waals surface area contributed by atoms with Crippen molar-refractivity contribution in [2.24, 2.45) is 0 Å². The number of methoxy groups -OCH3 is 1. The Kier molecular flexibility index (Phi) is 4.75. The van der Waals surface area contributed by atoms with Crippen LogP contribution in [-0.4, -0.2) is 42.7 Å². The zero-order valence-electron chi connectivity index (χ0n) is 16.2. The SMILES string of the molecule is COc1cc(C(=O)N2CCCCC2c2nc3ccccc3s2)cc2c1OCCO2. The third-order valence-electron chi connectivity index (χ3n) is 5.43. The van der Waals surface area contributed by atoms with Gasteiger partial charge in [-0.3, -0.25) is 4.79 Å². The number of aromatic nitrogens is 1. The number of carbonyl (C=O) groups excluding carboxylic acids is 1. The number of carbonyl (C=O) groups is 1. The average molecular weight is 410 g/mol. The van der Waals surface area contributed by atoms with E-state index < -0.39 is 0 Å². The average Bonchev–Trinajstić information content (AvgIpc) is 3.22. The largest absolute Gasteiger partial charge is 0.493 e. The van der Waals surface area contributed by atoms with Gasteiger partial charge in [0.15, 0.2) is 11.5 Å². The van der Waals surface area contributed by atoms with Crippen LogP contribution >= 0.6 is 11.3 Å².